The van der Waals surface area contributed by atoms with Crippen LogP contribution in [0.1, 0.15) is 52.9 Å². The fraction of sp³-hybridized carbons (Fsp3) is 0.692. The van der Waals surface area contributed by atoms with Gasteiger partial charge >= 0.3 is 0 Å². The molecule has 0 radical (unpaired) electrons. The molecule has 1 atom stereocenters. The molecule has 0 fully saturated rings. The van der Waals surface area contributed by atoms with Gasteiger partial charge in [0.05, 0.1) is 0 Å². The molecule has 0 aromatic heterocycles. The summed E-state index contributed by atoms with van der Waals surface area (Å²) in [5, 5.41) is 0. The van der Waals surface area contributed by atoms with Crippen molar-refractivity contribution in [3.63, 3.8) is 0 Å². The molecular formula is C13H22. The van der Waals surface area contributed by atoms with Crippen molar-refractivity contribution >= 4 is 0 Å². The minimum Gasteiger partial charge on any atom is -0.0887 e. The second kappa shape index (κ2) is 5.26. The summed E-state index contributed by atoms with van der Waals surface area (Å²) in [6.07, 6.45) is 11.4. The second-order valence-corrected chi connectivity index (χ2v) is 4.38. The van der Waals surface area contributed by atoms with E-state index in [0.29, 0.717) is 0 Å². The van der Waals surface area contributed by atoms with E-state index >= 15 is 0 Å². The summed E-state index contributed by atoms with van der Waals surface area (Å²) >= 11 is 0. The summed E-state index contributed by atoms with van der Waals surface area (Å²) in [7, 11) is 0. The largest absolute Gasteiger partial charge is 0.0887 e. The summed E-state index contributed by atoms with van der Waals surface area (Å²) in [6, 6.07) is 0. The monoisotopic (exact) mass is 178 g/mol. The quantitative estimate of drug-likeness (QED) is 0.557. The van der Waals surface area contributed by atoms with Crippen LogP contribution in [0.3, 0.4) is 0 Å². The normalized spacial score (nSPS) is 23.5. The third-order valence-corrected chi connectivity index (χ3v) is 3.09. The molecular weight excluding hydrogens is 156 g/mol. The number of hydrogen-bond donors (Lipinski definition) is 0. The van der Waals surface area contributed by atoms with Gasteiger partial charge < -0.3 is 0 Å². The summed E-state index contributed by atoms with van der Waals surface area (Å²) in [4.78, 5) is 0. The van der Waals surface area contributed by atoms with Gasteiger partial charge in [-0.15, -0.1) is 0 Å². The zero-order valence-electron chi connectivity index (χ0n) is 9.27. The number of allylic oxidation sites excluding steroid dienone is 4. The Morgan fingerprint density at radius 2 is 2.38 bits per heavy atom. The van der Waals surface area contributed by atoms with Gasteiger partial charge in [-0.1, -0.05) is 23.3 Å². The standard InChI is InChI=1S/C13H22/c1-4-11(2)6-5-7-13-9-8-12(3)10-13/h4,8,13H,5-7,9-10H2,1-3H3/b11-4+. The SMILES string of the molecule is C/C=C(\C)CCCC1CC=C(C)C1. The number of rotatable bonds is 4. The van der Waals surface area contributed by atoms with E-state index < -0.39 is 0 Å². The molecule has 1 aliphatic rings. The van der Waals surface area contributed by atoms with Gasteiger partial charge in [0.25, 0.3) is 0 Å². The van der Waals surface area contributed by atoms with E-state index in [0.717, 1.165) is 5.92 Å². The summed E-state index contributed by atoms with van der Waals surface area (Å²) in [6.45, 7) is 6.63. The van der Waals surface area contributed by atoms with E-state index in [9.17, 15) is 0 Å². The van der Waals surface area contributed by atoms with Crippen LogP contribution in [0.2, 0.25) is 0 Å². The summed E-state index contributed by atoms with van der Waals surface area (Å²) in [5.74, 6) is 0.963. The first-order valence-corrected chi connectivity index (χ1v) is 5.49. The van der Waals surface area contributed by atoms with Gasteiger partial charge in [0, 0.05) is 0 Å². The van der Waals surface area contributed by atoms with Crippen LogP contribution >= 0.6 is 0 Å². The van der Waals surface area contributed by atoms with Crippen molar-refractivity contribution in [2.75, 3.05) is 0 Å². The van der Waals surface area contributed by atoms with Gasteiger partial charge in [0.15, 0.2) is 0 Å². The van der Waals surface area contributed by atoms with Crippen LogP contribution in [-0.2, 0) is 0 Å². The molecule has 0 spiro atoms. The molecule has 0 aromatic rings. The molecule has 0 heterocycles. The first kappa shape index (κ1) is 10.6. The highest BCUT2D eigenvalue weighted by molar-refractivity contribution is 5.06. The minimum atomic E-state index is 0.963. The Hall–Kier alpha value is -0.520. The molecule has 0 saturated heterocycles. The van der Waals surface area contributed by atoms with Gasteiger partial charge in [-0.25, -0.2) is 0 Å². The van der Waals surface area contributed by atoms with Crippen LogP contribution in [0.15, 0.2) is 23.3 Å². The molecule has 74 valence electrons. The maximum absolute atomic E-state index is 2.41. The second-order valence-electron chi connectivity index (χ2n) is 4.38. The highest BCUT2D eigenvalue weighted by Crippen LogP contribution is 2.28. The Morgan fingerprint density at radius 3 is 2.92 bits per heavy atom. The zero-order chi connectivity index (χ0) is 9.68. The van der Waals surface area contributed by atoms with Crippen molar-refractivity contribution in [1.29, 1.82) is 0 Å². The third kappa shape index (κ3) is 3.80. The van der Waals surface area contributed by atoms with Crippen LogP contribution < -0.4 is 0 Å². The molecule has 1 aliphatic carbocycles. The maximum Gasteiger partial charge on any atom is -0.0292 e. The lowest BCUT2D eigenvalue weighted by molar-refractivity contribution is 0.493. The van der Waals surface area contributed by atoms with Gasteiger partial charge in [-0.2, -0.15) is 0 Å². The van der Waals surface area contributed by atoms with Gasteiger partial charge in [0.1, 0.15) is 0 Å². The first-order chi connectivity index (χ1) is 6.22. The van der Waals surface area contributed by atoms with Crippen molar-refractivity contribution in [3.05, 3.63) is 23.3 Å². The van der Waals surface area contributed by atoms with E-state index in [1.807, 2.05) is 0 Å². The Kier molecular flexibility index (Phi) is 4.27. The lowest BCUT2D eigenvalue weighted by atomic mass is 9.97. The summed E-state index contributed by atoms with van der Waals surface area (Å²) in [5.41, 5.74) is 3.15. The van der Waals surface area contributed by atoms with Crippen LogP contribution in [0.25, 0.3) is 0 Å². The number of hydrogen-bond acceptors (Lipinski definition) is 0. The predicted molar refractivity (Wildman–Crippen MR) is 59.8 cm³/mol. The van der Waals surface area contributed by atoms with E-state index in [1.54, 1.807) is 11.1 Å². The average molecular weight is 178 g/mol. The highest BCUT2D eigenvalue weighted by atomic mass is 14.2. The third-order valence-electron chi connectivity index (χ3n) is 3.09. The Bertz CT molecular complexity index is 208. The Balaban J connectivity index is 2.08. The highest BCUT2D eigenvalue weighted by Gasteiger charge is 2.13. The van der Waals surface area contributed by atoms with E-state index in [4.69, 9.17) is 0 Å². The predicted octanol–water partition coefficient (Wildman–Crippen LogP) is 4.48. The zero-order valence-corrected chi connectivity index (χ0v) is 9.27. The molecule has 0 bridgehead atoms. The van der Waals surface area contributed by atoms with Crippen molar-refractivity contribution in [1.82, 2.24) is 0 Å². The summed E-state index contributed by atoms with van der Waals surface area (Å²) < 4.78 is 0. The van der Waals surface area contributed by atoms with E-state index in [2.05, 4.69) is 32.9 Å². The fourth-order valence-corrected chi connectivity index (χ4v) is 2.02. The minimum absolute atomic E-state index is 0.963. The average Bonchev–Trinajstić information content (AvgIpc) is 2.51. The van der Waals surface area contributed by atoms with Crippen molar-refractivity contribution < 1.29 is 0 Å². The molecule has 0 heteroatoms. The van der Waals surface area contributed by atoms with Crippen LogP contribution in [-0.4, -0.2) is 0 Å². The van der Waals surface area contributed by atoms with Gasteiger partial charge in [-0.3, -0.25) is 0 Å². The van der Waals surface area contributed by atoms with Crippen molar-refractivity contribution in [2.24, 2.45) is 5.92 Å². The smallest absolute Gasteiger partial charge is 0.0292 e. The van der Waals surface area contributed by atoms with Crippen molar-refractivity contribution in [2.45, 2.75) is 52.9 Å². The molecule has 0 aliphatic heterocycles. The molecule has 1 unspecified atom stereocenters. The lowest BCUT2D eigenvalue weighted by Gasteiger charge is -2.08. The maximum atomic E-state index is 2.41. The fourth-order valence-electron chi connectivity index (χ4n) is 2.02. The molecule has 0 saturated carbocycles. The van der Waals surface area contributed by atoms with Crippen LogP contribution in [0.4, 0.5) is 0 Å². The van der Waals surface area contributed by atoms with Gasteiger partial charge in [-0.05, 0) is 58.8 Å². The molecule has 0 aromatic carbocycles. The van der Waals surface area contributed by atoms with Crippen LogP contribution in [0.5, 0.6) is 0 Å². The molecule has 0 amide bonds. The molecule has 1 rings (SSSR count). The molecule has 0 N–H and O–H groups in total. The van der Waals surface area contributed by atoms with E-state index in [1.165, 1.54) is 32.1 Å². The van der Waals surface area contributed by atoms with E-state index in [-0.39, 0.29) is 0 Å². The Morgan fingerprint density at radius 1 is 1.62 bits per heavy atom. The molecule has 0 nitrogen and oxygen atoms in total. The lowest BCUT2D eigenvalue weighted by Crippen LogP contribution is -1.94. The van der Waals surface area contributed by atoms with Crippen molar-refractivity contribution in [3.8, 4) is 0 Å². The first-order valence-electron chi connectivity index (χ1n) is 5.49. The Labute approximate surface area is 82.7 Å². The molecule has 13 heavy (non-hydrogen) atoms. The van der Waals surface area contributed by atoms with Crippen LogP contribution in [0, 0.1) is 5.92 Å². The van der Waals surface area contributed by atoms with Gasteiger partial charge in [0.2, 0.25) is 0 Å². The topological polar surface area (TPSA) is 0 Å².